The molecular formula is C8H11F3N2O. The summed E-state index contributed by atoms with van der Waals surface area (Å²) in [4.78, 5) is 0. The van der Waals surface area contributed by atoms with Crippen molar-refractivity contribution in [2.75, 3.05) is 0 Å². The molecule has 1 atom stereocenters. The summed E-state index contributed by atoms with van der Waals surface area (Å²) in [5, 5.41) is 12.4. The fourth-order valence-electron chi connectivity index (χ4n) is 0.970. The summed E-state index contributed by atoms with van der Waals surface area (Å²) in [5.74, 6) is 0. The molecule has 1 N–H and O–H groups in total. The van der Waals surface area contributed by atoms with Crippen molar-refractivity contribution in [2.45, 2.75) is 32.2 Å². The molecule has 14 heavy (non-hydrogen) atoms. The summed E-state index contributed by atoms with van der Waals surface area (Å²) in [6.45, 7) is 1.32. The molecule has 80 valence electrons. The Bertz CT molecular complexity index is 295. The van der Waals surface area contributed by atoms with Crippen LogP contribution in [0.2, 0.25) is 0 Å². The minimum atomic E-state index is -4.58. The molecule has 1 heterocycles. The third-order valence-electron chi connectivity index (χ3n) is 1.83. The summed E-state index contributed by atoms with van der Waals surface area (Å²) in [6, 6.07) is 0. The summed E-state index contributed by atoms with van der Waals surface area (Å²) in [7, 11) is 0. The van der Waals surface area contributed by atoms with Gasteiger partial charge in [-0.2, -0.15) is 18.3 Å². The predicted octanol–water partition coefficient (Wildman–Crippen LogP) is 1.37. The highest BCUT2D eigenvalue weighted by molar-refractivity contribution is 5.02. The lowest BCUT2D eigenvalue weighted by Crippen LogP contribution is -2.32. The van der Waals surface area contributed by atoms with Gasteiger partial charge in [0.15, 0.2) is 6.10 Å². The van der Waals surface area contributed by atoms with Crippen LogP contribution in [0.5, 0.6) is 0 Å². The molecule has 0 amide bonds. The highest BCUT2D eigenvalue weighted by Crippen LogP contribution is 2.20. The maximum Gasteiger partial charge on any atom is 0.416 e. The number of aromatic nitrogens is 2. The Balaban J connectivity index is 2.60. The zero-order valence-electron chi connectivity index (χ0n) is 7.62. The van der Waals surface area contributed by atoms with Crippen molar-refractivity contribution in [3.05, 3.63) is 18.0 Å². The van der Waals surface area contributed by atoms with E-state index in [0.717, 1.165) is 10.2 Å². The Kier molecular flexibility index (Phi) is 3.15. The van der Waals surface area contributed by atoms with E-state index in [2.05, 4.69) is 5.10 Å². The van der Waals surface area contributed by atoms with E-state index in [1.165, 1.54) is 12.4 Å². The summed E-state index contributed by atoms with van der Waals surface area (Å²) in [6.07, 6.45) is -3.24. The molecule has 0 bridgehead atoms. The number of hydrogen-bond donors (Lipinski definition) is 1. The SMILES string of the molecule is CCc1cnn(CC(O)C(F)(F)F)c1. The van der Waals surface area contributed by atoms with Gasteiger partial charge in [0.2, 0.25) is 0 Å². The van der Waals surface area contributed by atoms with E-state index >= 15 is 0 Å². The van der Waals surface area contributed by atoms with E-state index in [-0.39, 0.29) is 0 Å². The van der Waals surface area contributed by atoms with Gasteiger partial charge in [-0.1, -0.05) is 6.92 Å². The number of rotatable bonds is 3. The first-order valence-corrected chi connectivity index (χ1v) is 4.19. The summed E-state index contributed by atoms with van der Waals surface area (Å²) < 4.78 is 36.9. The van der Waals surface area contributed by atoms with Gasteiger partial charge in [-0.25, -0.2) is 0 Å². The normalized spacial score (nSPS) is 14.4. The molecule has 0 aliphatic carbocycles. The Morgan fingerprint density at radius 1 is 1.57 bits per heavy atom. The highest BCUT2D eigenvalue weighted by Gasteiger charge is 2.38. The summed E-state index contributed by atoms with van der Waals surface area (Å²) in [5.41, 5.74) is 0.847. The van der Waals surface area contributed by atoms with E-state index < -0.39 is 18.8 Å². The third-order valence-corrected chi connectivity index (χ3v) is 1.83. The zero-order valence-corrected chi connectivity index (χ0v) is 7.62. The Labute approximate surface area is 79.2 Å². The van der Waals surface area contributed by atoms with Gasteiger partial charge in [0.05, 0.1) is 12.7 Å². The van der Waals surface area contributed by atoms with Gasteiger partial charge >= 0.3 is 6.18 Å². The Morgan fingerprint density at radius 2 is 2.21 bits per heavy atom. The first kappa shape index (κ1) is 11.0. The van der Waals surface area contributed by atoms with Crippen LogP contribution < -0.4 is 0 Å². The second-order valence-electron chi connectivity index (χ2n) is 2.98. The molecule has 0 aromatic carbocycles. The molecule has 3 nitrogen and oxygen atoms in total. The van der Waals surface area contributed by atoms with Gasteiger partial charge in [-0.05, 0) is 12.0 Å². The van der Waals surface area contributed by atoms with Crippen molar-refractivity contribution < 1.29 is 18.3 Å². The van der Waals surface area contributed by atoms with Crippen LogP contribution in [-0.4, -0.2) is 27.2 Å². The molecule has 0 aliphatic heterocycles. The number of aliphatic hydroxyl groups excluding tert-OH is 1. The smallest absolute Gasteiger partial charge is 0.382 e. The fraction of sp³-hybridized carbons (Fsp3) is 0.625. The molecule has 0 saturated heterocycles. The molecule has 0 spiro atoms. The lowest BCUT2D eigenvalue weighted by atomic mass is 10.3. The maximum absolute atomic E-state index is 11.9. The van der Waals surface area contributed by atoms with Crippen molar-refractivity contribution in [3.8, 4) is 0 Å². The van der Waals surface area contributed by atoms with Crippen LogP contribution in [0.15, 0.2) is 12.4 Å². The van der Waals surface area contributed by atoms with Crippen LogP contribution in [0, 0.1) is 0 Å². The van der Waals surface area contributed by atoms with Gasteiger partial charge in [-0.3, -0.25) is 4.68 Å². The third kappa shape index (κ3) is 2.73. The predicted molar refractivity (Wildman–Crippen MR) is 43.7 cm³/mol. The van der Waals surface area contributed by atoms with E-state index in [4.69, 9.17) is 5.11 Å². The topological polar surface area (TPSA) is 38.0 Å². The highest BCUT2D eigenvalue weighted by atomic mass is 19.4. The monoisotopic (exact) mass is 208 g/mol. The van der Waals surface area contributed by atoms with E-state index in [1.807, 2.05) is 6.92 Å². The van der Waals surface area contributed by atoms with Crippen molar-refractivity contribution in [1.29, 1.82) is 0 Å². The molecule has 0 fully saturated rings. The van der Waals surface area contributed by atoms with Crippen LogP contribution >= 0.6 is 0 Å². The minimum absolute atomic E-state index is 0.552. The molecule has 0 aliphatic rings. The molecular weight excluding hydrogens is 197 g/mol. The van der Waals surface area contributed by atoms with Gasteiger partial charge in [0, 0.05) is 6.20 Å². The second-order valence-corrected chi connectivity index (χ2v) is 2.98. The van der Waals surface area contributed by atoms with Crippen molar-refractivity contribution >= 4 is 0 Å². The molecule has 0 radical (unpaired) electrons. The lowest BCUT2D eigenvalue weighted by Gasteiger charge is -2.13. The first-order chi connectivity index (χ1) is 6.43. The maximum atomic E-state index is 11.9. The zero-order chi connectivity index (χ0) is 10.8. The molecule has 6 heteroatoms. The van der Waals surface area contributed by atoms with Crippen molar-refractivity contribution in [2.24, 2.45) is 0 Å². The van der Waals surface area contributed by atoms with Gasteiger partial charge in [-0.15, -0.1) is 0 Å². The molecule has 1 aromatic rings. The number of aryl methyl sites for hydroxylation is 1. The fourth-order valence-corrected chi connectivity index (χ4v) is 0.970. The molecule has 0 saturated carbocycles. The van der Waals surface area contributed by atoms with E-state index in [0.29, 0.717) is 6.42 Å². The average molecular weight is 208 g/mol. The minimum Gasteiger partial charge on any atom is -0.382 e. The van der Waals surface area contributed by atoms with Crippen LogP contribution in [0.3, 0.4) is 0 Å². The number of halogens is 3. The van der Waals surface area contributed by atoms with Gasteiger partial charge in [0.1, 0.15) is 0 Å². The van der Waals surface area contributed by atoms with Crippen LogP contribution in [0.25, 0.3) is 0 Å². The second kappa shape index (κ2) is 4.00. The number of aliphatic hydroxyl groups is 1. The first-order valence-electron chi connectivity index (χ1n) is 4.19. The standard InChI is InChI=1S/C8H11F3N2O/c1-2-6-3-12-13(4-6)5-7(14)8(9,10)11/h3-4,7,14H,2,5H2,1H3. The molecule has 1 aromatic heterocycles. The Hall–Kier alpha value is -1.04. The number of alkyl halides is 3. The van der Waals surface area contributed by atoms with Gasteiger partial charge < -0.3 is 5.11 Å². The van der Waals surface area contributed by atoms with E-state index in [9.17, 15) is 13.2 Å². The van der Waals surface area contributed by atoms with Crippen molar-refractivity contribution in [1.82, 2.24) is 9.78 Å². The summed E-state index contributed by atoms with van der Waals surface area (Å²) >= 11 is 0. The molecule has 1 rings (SSSR count). The van der Waals surface area contributed by atoms with Crippen LogP contribution in [-0.2, 0) is 13.0 Å². The van der Waals surface area contributed by atoms with Crippen LogP contribution in [0.1, 0.15) is 12.5 Å². The van der Waals surface area contributed by atoms with E-state index in [1.54, 1.807) is 0 Å². The number of hydrogen-bond acceptors (Lipinski definition) is 2. The van der Waals surface area contributed by atoms with Crippen molar-refractivity contribution in [3.63, 3.8) is 0 Å². The quantitative estimate of drug-likeness (QED) is 0.814. The lowest BCUT2D eigenvalue weighted by molar-refractivity contribution is -0.208. The molecule has 1 unspecified atom stereocenters. The largest absolute Gasteiger partial charge is 0.416 e. The van der Waals surface area contributed by atoms with Crippen LogP contribution in [0.4, 0.5) is 13.2 Å². The average Bonchev–Trinajstić information content (AvgIpc) is 2.50. The number of nitrogens with zero attached hydrogens (tertiary/aromatic N) is 2. The Morgan fingerprint density at radius 3 is 2.64 bits per heavy atom. The van der Waals surface area contributed by atoms with Gasteiger partial charge in [0.25, 0.3) is 0 Å².